The first-order chi connectivity index (χ1) is 11.2. The maximum Gasteiger partial charge on any atom is 0.224 e. The van der Waals surface area contributed by atoms with Gasteiger partial charge in [0, 0.05) is 29.0 Å². The number of rotatable bonds is 7. The van der Waals surface area contributed by atoms with Crippen LogP contribution in [0.5, 0.6) is 0 Å². The van der Waals surface area contributed by atoms with Crippen molar-refractivity contribution in [2.24, 2.45) is 0 Å². The minimum atomic E-state index is 0.0457. The summed E-state index contributed by atoms with van der Waals surface area (Å²) in [5.41, 5.74) is 4.31. The minimum Gasteiger partial charge on any atom is -0.464 e. The fourth-order valence-electron chi connectivity index (χ4n) is 2.39. The molecular formula is C18H19NO2S2. The summed E-state index contributed by atoms with van der Waals surface area (Å²) in [4.78, 5) is 12.1. The average Bonchev–Trinajstić information content (AvgIpc) is 3.17. The fraction of sp³-hybridized carbons (Fsp3) is 0.278. The second kappa shape index (κ2) is 7.70. The van der Waals surface area contributed by atoms with Gasteiger partial charge in [-0.1, -0.05) is 12.1 Å². The highest BCUT2D eigenvalue weighted by atomic mass is 32.2. The Kier molecular flexibility index (Phi) is 5.41. The van der Waals surface area contributed by atoms with Gasteiger partial charge in [-0.15, -0.1) is 0 Å². The summed E-state index contributed by atoms with van der Waals surface area (Å²) >= 11 is 3.56. The molecule has 3 rings (SSSR count). The quantitative estimate of drug-likeness (QED) is 0.646. The van der Waals surface area contributed by atoms with Gasteiger partial charge in [-0.3, -0.25) is 4.79 Å². The number of hydrogen-bond acceptors (Lipinski definition) is 4. The maximum absolute atomic E-state index is 12.1. The van der Waals surface area contributed by atoms with Crippen LogP contribution < -0.4 is 5.32 Å². The summed E-state index contributed by atoms with van der Waals surface area (Å²) in [6.45, 7) is 2.73. The summed E-state index contributed by atoms with van der Waals surface area (Å²) in [5.74, 6) is 1.97. The SMILES string of the molecule is Cc1ccc2c(CC(=O)NCCSCc3ccsc3)coc2c1. The molecule has 0 bridgehead atoms. The van der Waals surface area contributed by atoms with E-state index in [-0.39, 0.29) is 5.91 Å². The Labute approximate surface area is 144 Å². The number of aryl methyl sites for hydroxylation is 1. The topological polar surface area (TPSA) is 42.2 Å². The number of thiophene rings is 1. The molecule has 0 atom stereocenters. The number of amides is 1. The first kappa shape index (κ1) is 16.1. The number of thioether (sulfide) groups is 1. The number of benzene rings is 1. The van der Waals surface area contributed by atoms with Crippen molar-refractivity contribution >= 4 is 40.0 Å². The van der Waals surface area contributed by atoms with Crippen LogP contribution in [-0.4, -0.2) is 18.2 Å². The predicted octanol–water partition coefficient (Wildman–Crippen LogP) is 4.39. The monoisotopic (exact) mass is 345 g/mol. The summed E-state index contributed by atoms with van der Waals surface area (Å²) < 4.78 is 5.53. The molecule has 1 N–H and O–H groups in total. The summed E-state index contributed by atoms with van der Waals surface area (Å²) in [6, 6.07) is 8.20. The molecular weight excluding hydrogens is 326 g/mol. The second-order valence-corrected chi connectivity index (χ2v) is 7.36. The zero-order valence-corrected chi connectivity index (χ0v) is 14.6. The van der Waals surface area contributed by atoms with Crippen molar-refractivity contribution in [3.63, 3.8) is 0 Å². The molecule has 0 radical (unpaired) electrons. The van der Waals surface area contributed by atoms with Crippen LogP contribution in [-0.2, 0) is 17.0 Å². The molecule has 0 aliphatic heterocycles. The van der Waals surface area contributed by atoms with E-state index in [1.807, 2.05) is 36.9 Å². The molecule has 2 aromatic heterocycles. The van der Waals surface area contributed by atoms with Gasteiger partial charge in [-0.2, -0.15) is 23.1 Å². The third-order valence-electron chi connectivity index (χ3n) is 3.58. The number of hydrogen-bond donors (Lipinski definition) is 1. The van der Waals surface area contributed by atoms with Gasteiger partial charge in [0.15, 0.2) is 0 Å². The molecule has 0 saturated heterocycles. The van der Waals surface area contributed by atoms with Crippen LogP contribution in [0.4, 0.5) is 0 Å². The molecule has 23 heavy (non-hydrogen) atoms. The van der Waals surface area contributed by atoms with Crippen molar-refractivity contribution in [1.82, 2.24) is 5.32 Å². The van der Waals surface area contributed by atoms with E-state index in [0.29, 0.717) is 13.0 Å². The van der Waals surface area contributed by atoms with Crippen LogP contribution in [0.1, 0.15) is 16.7 Å². The van der Waals surface area contributed by atoms with Gasteiger partial charge >= 0.3 is 0 Å². The lowest BCUT2D eigenvalue weighted by Gasteiger charge is -2.04. The lowest BCUT2D eigenvalue weighted by atomic mass is 10.1. The van der Waals surface area contributed by atoms with Crippen molar-refractivity contribution in [3.05, 3.63) is 58.0 Å². The minimum absolute atomic E-state index is 0.0457. The van der Waals surface area contributed by atoms with E-state index in [0.717, 1.165) is 33.6 Å². The Hall–Kier alpha value is -1.72. The molecule has 120 valence electrons. The van der Waals surface area contributed by atoms with Crippen LogP contribution in [0.25, 0.3) is 11.0 Å². The molecule has 3 aromatic rings. The lowest BCUT2D eigenvalue weighted by Crippen LogP contribution is -2.27. The molecule has 3 nitrogen and oxygen atoms in total. The molecule has 1 aromatic carbocycles. The van der Waals surface area contributed by atoms with E-state index in [1.165, 1.54) is 5.56 Å². The van der Waals surface area contributed by atoms with Crippen molar-refractivity contribution in [1.29, 1.82) is 0 Å². The fourth-order valence-corrected chi connectivity index (χ4v) is 3.97. The Morgan fingerprint density at radius 2 is 2.26 bits per heavy atom. The van der Waals surface area contributed by atoms with Crippen LogP contribution >= 0.6 is 23.1 Å². The molecule has 5 heteroatoms. The lowest BCUT2D eigenvalue weighted by molar-refractivity contribution is -0.120. The van der Waals surface area contributed by atoms with E-state index >= 15 is 0 Å². The average molecular weight is 345 g/mol. The summed E-state index contributed by atoms with van der Waals surface area (Å²) in [6.07, 6.45) is 2.06. The van der Waals surface area contributed by atoms with E-state index in [2.05, 4.69) is 22.1 Å². The van der Waals surface area contributed by atoms with E-state index in [4.69, 9.17) is 4.42 Å². The van der Waals surface area contributed by atoms with Gasteiger partial charge in [0.2, 0.25) is 5.91 Å². The third kappa shape index (κ3) is 4.39. The Bertz CT molecular complexity index is 778. The molecule has 2 heterocycles. The standard InChI is InChI=1S/C18H19NO2S2/c1-13-2-3-16-15(10-21-17(16)8-13)9-18(20)19-5-7-23-12-14-4-6-22-11-14/h2-4,6,8,10-11H,5,7,9,12H2,1H3,(H,19,20). The second-order valence-electron chi connectivity index (χ2n) is 5.47. The van der Waals surface area contributed by atoms with Crippen molar-refractivity contribution < 1.29 is 9.21 Å². The van der Waals surface area contributed by atoms with Crippen molar-refractivity contribution in [3.8, 4) is 0 Å². The first-order valence-corrected chi connectivity index (χ1v) is 9.64. The van der Waals surface area contributed by atoms with Gasteiger partial charge in [0.1, 0.15) is 5.58 Å². The van der Waals surface area contributed by atoms with E-state index < -0.39 is 0 Å². The van der Waals surface area contributed by atoms with E-state index in [1.54, 1.807) is 17.6 Å². The first-order valence-electron chi connectivity index (χ1n) is 7.54. The highest BCUT2D eigenvalue weighted by Crippen LogP contribution is 2.22. The number of fused-ring (bicyclic) bond motifs is 1. The van der Waals surface area contributed by atoms with Crippen LogP contribution in [0.2, 0.25) is 0 Å². The maximum atomic E-state index is 12.1. The van der Waals surface area contributed by atoms with Gasteiger partial charge in [-0.25, -0.2) is 0 Å². The Morgan fingerprint density at radius 3 is 3.09 bits per heavy atom. The van der Waals surface area contributed by atoms with Crippen molar-refractivity contribution in [2.45, 2.75) is 19.1 Å². The summed E-state index contributed by atoms with van der Waals surface area (Å²) in [5, 5.41) is 8.26. The van der Waals surface area contributed by atoms with E-state index in [9.17, 15) is 4.79 Å². The summed E-state index contributed by atoms with van der Waals surface area (Å²) in [7, 11) is 0. The highest BCUT2D eigenvalue weighted by Gasteiger charge is 2.10. The number of carbonyl (C=O) groups excluding carboxylic acids is 1. The molecule has 0 spiro atoms. The van der Waals surface area contributed by atoms with Gasteiger partial charge in [0.25, 0.3) is 0 Å². The van der Waals surface area contributed by atoms with Crippen molar-refractivity contribution in [2.75, 3.05) is 12.3 Å². The third-order valence-corrected chi connectivity index (χ3v) is 5.34. The molecule has 0 aliphatic rings. The normalized spacial score (nSPS) is 11.0. The highest BCUT2D eigenvalue weighted by molar-refractivity contribution is 7.98. The smallest absolute Gasteiger partial charge is 0.224 e. The van der Waals surface area contributed by atoms with Crippen LogP contribution in [0, 0.1) is 6.92 Å². The number of carbonyl (C=O) groups is 1. The Balaban J connectivity index is 1.43. The zero-order valence-electron chi connectivity index (χ0n) is 13.0. The number of nitrogens with one attached hydrogen (secondary N) is 1. The van der Waals surface area contributed by atoms with Crippen LogP contribution in [0.3, 0.4) is 0 Å². The van der Waals surface area contributed by atoms with Gasteiger partial charge in [0.05, 0.1) is 12.7 Å². The van der Waals surface area contributed by atoms with Gasteiger partial charge < -0.3 is 9.73 Å². The van der Waals surface area contributed by atoms with Gasteiger partial charge in [-0.05, 0) is 40.9 Å². The van der Waals surface area contributed by atoms with Crippen LogP contribution in [0.15, 0.2) is 45.7 Å². The molecule has 1 amide bonds. The molecule has 0 saturated carbocycles. The number of furan rings is 1. The zero-order chi connectivity index (χ0) is 16.1. The molecule has 0 unspecified atom stereocenters. The predicted molar refractivity (Wildman–Crippen MR) is 98.1 cm³/mol. The largest absolute Gasteiger partial charge is 0.464 e. The molecule has 0 fully saturated rings. The Morgan fingerprint density at radius 1 is 1.35 bits per heavy atom. The molecule has 0 aliphatic carbocycles.